The van der Waals surface area contributed by atoms with Crippen molar-refractivity contribution in [3.05, 3.63) is 14.5 Å². The summed E-state index contributed by atoms with van der Waals surface area (Å²) >= 11 is 7.47. The molecule has 0 radical (unpaired) electrons. The van der Waals surface area contributed by atoms with Crippen LogP contribution < -0.4 is 5.73 Å². The summed E-state index contributed by atoms with van der Waals surface area (Å²) in [7, 11) is 1.24. The van der Waals surface area contributed by atoms with Gasteiger partial charge < -0.3 is 10.5 Å². The van der Waals surface area contributed by atoms with E-state index in [-0.39, 0.29) is 16.7 Å². The molecular formula is C6H5ClIN3O2. The first kappa shape index (κ1) is 10.5. The van der Waals surface area contributed by atoms with Crippen molar-refractivity contribution in [2.45, 2.75) is 0 Å². The molecule has 0 saturated carbocycles. The molecule has 0 aliphatic heterocycles. The molecule has 0 spiro atoms. The molecule has 0 atom stereocenters. The van der Waals surface area contributed by atoms with Gasteiger partial charge in [-0.1, -0.05) is 11.6 Å². The minimum absolute atomic E-state index is 0.0173. The highest BCUT2D eigenvalue weighted by Crippen LogP contribution is 2.17. The zero-order valence-corrected chi connectivity index (χ0v) is 9.46. The van der Waals surface area contributed by atoms with Crippen LogP contribution in [0.1, 0.15) is 10.5 Å². The maximum atomic E-state index is 11.0. The molecule has 0 saturated heterocycles. The van der Waals surface area contributed by atoms with E-state index in [1.807, 2.05) is 22.6 Å². The molecular weight excluding hydrogens is 308 g/mol. The fourth-order valence-electron chi connectivity index (χ4n) is 0.653. The van der Waals surface area contributed by atoms with Crippen LogP contribution in [0.15, 0.2) is 0 Å². The van der Waals surface area contributed by atoms with E-state index in [1.54, 1.807) is 0 Å². The van der Waals surface area contributed by atoms with Gasteiger partial charge in [-0.3, -0.25) is 0 Å². The predicted octanol–water partition coefficient (Wildman–Crippen LogP) is 1.10. The van der Waals surface area contributed by atoms with Crippen LogP contribution in [0.2, 0.25) is 5.15 Å². The van der Waals surface area contributed by atoms with Crippen LogP contribution in [0.4, 0.5) is 5.82 Å². The summed E-state index contributed by atoms with van der Waals surface area (Å²) in [5, 5.41) is 0.172. The van der Waals surface area contributed by atoms with Crippen molar-refractivity contribution in [1.29, 1.82) is 0 Å². The maximum absolute atomic E-state index is 11.0. The van der Waals surface area contributed by atoms with Crippen molar-refractivity contribution < 1.29 is 9.53 Å². The number of nitrogens with zero attached hydrogens (tertiary/aromatic N) is 2. The molecule has 7 heteroatoms. The molecule has 5 nitrogen and oxygen atoms in total. The van der Waals surface area contributed by atoms with E-state index in [1.165, 1.54) is 7.11 Å². The van der Waals surface area contributed by atoms with Crippen molar-refractivity contribution >= 4 is 46.0 Å². The summed E-state index contributed by atoms with van der Waals surface area (Å²) in [4.78, 5) is 18.6. The molecule has 1 heterocycles. The molecule has 0 bridgehead atoms. The van der Waals surface area contributed by atoms with Gasteiger partial charge in [0.15, 0.2) is 16.7 Å². The van der Waals surface area contributed by atoms with Crippen molar-refractivity contribution in [3.63, 3.8) is 0 Å². The number of carbonyl (C=O) groups excluding carboxylic acids is 1. The number of hydrogen-bond donors (Lipinski definition) is 1. The first-order valence-electron chi connectivity index (χ1n) is 3.13. The van der Waals surface area contributed by atoms with E-state index in [4.69, 9.17) is 17.3 Å². The fraction of sp³-hybridized carbons (Fsp3) is 0.167. The highest BCUT2D eigenvalue weighted by Gasteiger charge is 2.15. The SMILES string of the molecule is COC(=O)c1nc(I)c(Cl)nc1N. The lowest BCUT2D eigenvalue weighted by molar-refractivity contribution is 0.0594. The number of hydrogen-bond acceptors (Lipinski definition) is 5. The van der Waals surface area contributed by atoms with Crippen molar-refractivity contribution in [3.8, 4) is 0 Å². The van der Waals surface area contributed by atoms with Gasteiger partial charge >= 0.3 is 5.97 Å². The standard InChI is InChI=1S/C6H5ClIN3O2/c1-13-6(12)2-5(9)11-3(7)4(8)10-2/h1H3,(H2,9,11). The first-order valence-corrected chi connectivity index (χ1v) is 4.58. The summed E-state index contributed by atoms with van der Waals surface area (Å²) in [5.41, 5.74) is 5.39. The summed E-state index contributed by atoms with van der Waals surface area (Å²) in [6.07, 6.45) is 0. The Kier molecular flexibility index (Phi) is 3.26. The van der Waals surface area contributed by atoms with E-state index < -0.39 is 5.97 Å². The van der Waals surface area contributed by atoms with Gasteiger partial charge in [0.2, 0.25) is 0 Å². The third-order valence-electron chi connectivity index (χ3n) is 1.22. The Morgan fingerprint density at radius 3 is 2.77 bits per heavy atom. The highest BCUT2D eigenvalue weighted by atomic mass is 127. The number of anilines is 1. The molecule has 1 aromatic rings. The van der Waals surface area contributed by atoms with E-state index in [0.717, 1.165) is 0 Å². The molecule has 0 amide bonds. The van der Waals surface area contributed by atoms with Crippen LogP contribution in [0.5, 0.6) is 0 Å². The highest BCUT2D eigenvalue weighted by molar-refractivity contribution is 14.1. The van der Waals surface area contributed by atoms with Crippen molar-refractivity contribution in [1.82, 2.24) is 9.97 Å². The maximum Gasteiger partial charge on any atom is 0.360 e. The van der Waals surface area contributed by atoms with Gasteiger partial charge in [0, 0.05) is 0 Å². The van der Waals surface area contributed by atoms with E-state index >= 15 is 0 Å². The number of nitrogens with two attached hydrogens (primary N) is 1. The largest absolute Gasteiger partial charge is 0.464 e. The van der Waals surface area contributed by atoms with Crippen LogP contribution in [0.25, 0.3) is 0 Å². The number of nitrogen functional groups attached to an aromatic ring is 1. The van der Waals surface area contributed by atoms with Crippen LogP contribution in [-0.4, -0.2) is 23.0 Å². The number of rotatable bonds is 1. The Labute approximate surface area is 92.8 Å². The second-order valence-corrected chi connectivity index (χ2v) is 3.41. The van der Waals surface area contributed by atoms with Crippen LogP contribution in [0.3, 0.4) is 0 Å². The minimum atomic E-state index is -0.625. The molecule has 0 aliphatic rings. The lowest BCUT2D eigenvalue weighted by Crippen LogP contribution is -2.11. The molecule has 13 heavy (non-hydrogen) atoms. The van der Waals surface area contributed by atoms with Crippen LogP contribution in [-0.2, 0) is 4.74 Å². The summed E-state index contributed by atoms with van der Waals surface area (Å²) in [5.74, 6) is -0.656. The van der Waals surface area contributed by atoms with Gasteiger partial charge in [-0.05, 0) is 22.6 Å². The summed E-state index contributed by atoms with van der Waals surface area (Å²) in [6.45, 7) is 0. The molecule has 1 aromatic heterocycles. The fourth-order valence-corrected chi connectivity index (χ4v) is 1.15. The number of ether oxygens (including phenoxy) is 1. The molecule has 1 rings (SSSR count). The van der Waals surface area contributed by atoms with E-state index in [2.05, 4.69) is 14.7 Å². The molecule has 0 aromatic carbocycles. The number of halogens is 2. The lowest BCUT2D eigenvalue weighted by atomic mass is 10.4. The van der Waals surface area contributed by atoms with E-state index in [9.17, 15) is 4.79 Å². The first-order chi connectivity index (χ1) is 6.06. The third-order valence-corrected chi connectivity index (χ3v) is 2.55. The monoisotopic (exact) mass is 313 g/mol. The van der Waals surface area contributed by atoms with Crippen molar-refractivity contribution in [2.24, 2.45) is 0 Å². The Bertz CT molecular complexity index is 358. The van der Waals surface area contributed by atoms with E-state index in [0.29, 0.717) is 3.70 Å². The zero-order valence-electron chi connectivity index (χ0n) is 6.54. The minimum Gasteiger partial charge on any atom is -0.464 e. The second-order valence-electron chi connectivity index (χ2n) is 2.03. The lowest BCUT2D eigenvalue weighted by Gasteiger charge is -2.02. The van der Waals surface area contributed by atoms with Crippen LogP contribution >= 0.6 is 34.2 Å². The number of esters is 1. The Morgan fingerprint density at radius 2 is 2.23 bits per heavy atom. The Balaban J connectivity index is 3.23. The quantitative estimate of drug-likeness (QED) is 0.620. The van der Waals surface area contributed by atoms with Crippen molar-refractivity contribution in [2.75, 3.05) is 12.8 Å². The van der Waals surface area contributed by atoms with Gasteiger partial charge in [0.1, 0.15) is 3.70 Å². The number of aromatic nitrogens is 2. The topological polar surface area (TPSA) is 78.1 Å². The van der Waals surface area contributed by atoms with Gasteiger partial charge in [0.05, 0.1) is 7.11 Å². The second kappa shape index (κ2) is 4.05. The molecule has 0 fully saturated rings. The van der Waals surface area contributed by atoms with Gasteiger partial charge in [0.25, 0.3) is 0 Å². The summed E-state index contributed by atoms with van der Waals surface area (Å²) < 4.78 is 4.86. The van der Waals surface area contributed by atoms with Gasteiger partial charge in [-0.25, -0.2) is 14.8 Å². The van der Waals surface area contributed by atoms with Crippen LogP contribution in [0, 0.1) is 3.70 Å². The summed E-state index contributed by atoms with van der Waals surface area (Å²) in [6, 6.07) is 0. The zero-order chi connectivity index (χ0) is 10.0. The van der Waals surface area contributed by atoms with Gasteiger partial charge in [-0.2, -0.15) is 0 Å². The molecule has 2 N–H and O–H groups in total. The average molecular weight is 313 g/mol. The molecule has 0 unspecified atom stereocenters. The Hall–Kier alpha value is -0.630. The molecule has 0 aliphatic carbocycles. The normalized spacial score (nSPS) is 9.77. The molecule has 70 valence electrons. The third kappa shape index (κ3) is 2.19. The average Bonchev–Trinajstić information content (AvgIpc) is 2.10. The number of carbonyl (C=O) groups is 1. The smallest absolute Gasteiger partial charge is 0.360 e. The predicted molar refractivity (Wildman–Crippen MR) is 55.5 cm³/mol. The number of methoxy groups -OCH3 is 1. The van der Waals surface area contributed by atoms with Gasteiger partial charge in [-0.15, -0.1) is 0 Å². The Morgan fingerprint density at radius 1 is 1.62 bits per heavy atom.